The van der Waals surface area contributed by atoms with Gasteiger partial charge in [-0.1, -0.05) is 23.7 Å². The predicted octanol–water partition coefficient (Wildman–Crippen LogP) is 4.98. The normalized spacial score (nSPS) is 10.9. The van der Waals surface area contributed by atoms with E-state index in [0.717, 1.165) is 11.6 Å². The number of nitrogens with one attached hydrogen (secondary N) is 1. The molecule has 3 rings (SSSR count). The minimum Gasteiger partial charge on any atom is -0.342 e. The first-order valence-corrected chi connectivity index (χ1v) is 6.70. The van der Waals surface area contributed by atoms with Gasteiger partial charge in [0, 0.05) is 22.2 Å². The predicted molar refractivity (Wildman–Crippen MR) is 79.1 cm³/mol. The number of halogens is 3. The number of benzene rings is 2. The molecular formula is C16H11ClF2N2. The Kier molecular flexibility index (Phi) is 3.47. The lowest BCUT2D eigenvalue weighted by atomic mass is 10.0. The molecule has 0 saturated heterocycles. The van der Waals surface area contributed by atoms with Crippen molar-refractivity contribution < 1.29 is 8.78 Å². The van der Waals surface area contributed by atoms with Gasteiger partial charge in [-0.05, 0) is 31.2 Å². The van der Waals surface area contributed by atoms with E-state index in [1.807, 2.05) is 12.1 Å². The van der Waals surface area contributed by atoms with Gasteiger partial charge in [0.05, 0.1) is 11.4 Å². The molecule has 3 aromatic rings. The summed E-state index contributed by atoms with van der Waals surface area (Å²) < 4.78 is 26.8. The Labute approximate surface area is 125 Å². The third-order valence-corrected chi connectivity index (χ3v) is 3.34. The quantitative estimate of drug-likeness (QED) is 0.710. The lowest BCUT2D eigenvalue weighted by Gasteiger charge is -2.04. The Morgan fingerprint density at radius 1 is 0.952 bits per heavy atom. The van der Waals surface area contributed by atoms with Crippen LogP contribution in [0.5, 0.6) is 0 Å². The molecule has 2 aromatic carbocycles. The van der Waals surface area contributed by atoms with E-state index in [1.54, 1.807) is 19.1 Å². The summed E-state index contributed by atoms with van der Waals surface area (Å²) in [6, 6.07) is 10.5. The molecular weight excluding hydrogens is 294 g/mol. The summed E-state index contributed by atoms with van der Waals surface area (Å²) in [5.74, 6) is -0.597. The molecule has 1 heterocycles. The Bertz CT molecular complexity index is 774. The second-order valence-corrected chi connectivity index (χ2v) is 5.15. The van der Waals surface area contributed by atoms with Gasteiger partial charge in [-0.15, -0.1) is 0 Å². The van der Waals surface area contributed by atoms with Crippen LogP contribution in [0.2, 0.25) is 5.02 Å². The topological polar surface area (TPSA) is 28.7 Å². The first-order chi connectivity index (χ1) is 10.0. The van der Waals surface area contributed by atoms with E-state index in [1.165, 1.54) is 12.1 Å². The smallest absolute Gasteiger partial charge is 0.126 e. The zero-order valence-electron chi connectivity index (χ0n) is 11.1. The van der Waals surface area contributed by atoms with E-state index in [2.05, 4.69) is 9.97 Å². The van der Waals surface area contributed by atoms with Crippen LogP contribution >= 0.6 is 11.6 Å². The summed E-state index contributed by atoms with van der Waals surface area (Å²) >= 11 is 5.88. The van der Waals surface area contributed by atoms with E-state index in [9.17, 15) is 8.78 Å². The second-order valence-electron chi connectivity index (χ2n) is 4.71. The molecule has 0 aliphatic carbocycles. The number of rotatable bonds is 2. The third-order valence-electron chi connectivity index (χ3n) is 3.09. The maximum absolute atomic E-state index is 13.4. The molecule has 2 nitrogen and oxygen atoms in total. The highest BCUT2D eigenvalue weighted by Gasteiger charge is 2.14. The monoisotopic (exact) mass is 304 g/mol. The van der Waals surface area contributed by atoms with E-state index < -0.39 is 11.6 Å². The van der Waals surface area contributed by atoms with Crippen molar-refractivity contribution in [2.24, 2.45) is 0 Å². The van der Waals surface area contributed by atoms with Gasteiger partial charge in [-0.25, -0.2) is 13.8 Å². The molecule has 0 bridgehead atoms. The maximum Gasteiger partial charge on any atom is 0.126 e. The minimum atomic E-state index is -0.632. The van der Waals surface area contributed by atoms with Crippen molar-refractivity contribution in [2.45, 2.75) is 6.92 Å². The lowest BCUT2D eigenvalue weighted by molar-refractivity contribution is 0.584. The fourth-order valence-electron chi connectivity index (χ4n) is 2.22. The highest BCUT2D eigenvalue weighted by Crippen LogP contribution is 2.31. The number of nitrogens with zero attached hydrogens (tertiary/aromatic N) is 1. The summed E-state index contributed by atoms with van der Waals surface area (Å²) in [5, 5.41) is 0.619. The Morgan fingerprint density at radius 3 is 2.19 bits per heavy atom. The number of H-pyrrole nitrogens is 1. The van der Waals surface area contributed by atoms with Gasteiger partial charge >= 0.3 is 0 Å². The summed E-state index contributed by atoms with van der Waals surface area (Å²) in [4.78, 5) is 7.46. The molecule has 0 unspecified atom stereocenters. The largest absolute Gasteiger partial charge is 0.342 e. The van der Waals surface area contributed by atoms with Crippen molar-refractivity contribution >= 4 is 11.6 Å². The summed E-state index contributed by atoms with van der Waals surface area (Å²) in [5.41, 5.74) is 2.45. The Balaban J connectivity index is 2.17. The van der Waals surface area contributed by atoms with Crippen LogP contribution in [0.15, 0.2) is 42.5 Å². The van der Waals surface area contributed by atoms with Crippen LogP contribution < -0.4 is 0 Å². The standard InChI is InChI=1S/C16H11ClF2N2/c1-9-20-15(10-2-4-12(17)5-3-10)16(21-9)11-6-13(18)8-14(19)7-11/h2-8H,1H3,(H,20,21). The molecule has 0 fully saturated rings. The second kappa shape index (κ2) is 5.30. The number of aromatic amines is 1. The lowest BCUT2D eigenvalue weighted by Crippen LogP contribution is -1.87. The van der Waals surface area contributed by atoms with Crippen LogP contribution in [0.4, 0.5) is 8.78 Å². The molecule has 1 N–H and O–H groups in total. The first-order valence-electron chi connectivity index (χ1n) is 6.32. The number of hydrogen-bond donors (Lipinski definition) is 1. The zero-order valence-corrected chi connectivity index (χ0v) is 11.9. The fraction of sp³-hybridized carbons (Fsp3) is 0.0625. The molecule has 0 amide bonds. The molecule has 21 heavy (non-hydrogen) atoms. The molecule has 0 aliphatic heterocycles. The van der Waals surface area contributed by atoms with Crippen LogP contribution in [0.3, 0.4) is 0 Å². The van der Waals surface area contributed by atoms with Crippen molar-refractivity contribution in [3.05, 3.63) is 64.9 Å². The molecule has 1 aromatic heterocycles. The third kappa shape index (κ3) is 2.81. The van der Waals surface area contributed by atoms with Crippen LogP contribution in [0, 0.1) is 18.6 Å². The maximum atomic E-state index is 13.4. The van der Waals surface area contributed by atoms with Gasteiger partial charge < -0.3 is 4.98 Å². The number of aromatic nitrogens is 2. The van der Waals surface area contributed by atoms with Gasteiger partial charge in [-0.2, -0.15) is 0 Å². The summed E-state index contributed by atoms with van der Waals surface area (Å²) in [6.07, 6.45) is 0. The van der Waals surface area contributed by atoms with E-state index in [0.29, 0.717) is 27.8 Å². The van der Waals surface area contributed by atoms with E-state index in [-0.39, 0.29) is 0 Å². The number of aryl methyl sites for hydroxylation is 1. The van der Waals surface area contributed by atoms with E-state index in [4.69, 9.17) is 11.6 Å². The Hall–Kier alpha value is -2.20. The summed E-state index contributed by atoms with van der Waals surface area (Å²) in [6.45, 7) is 1.79. The Morgan fingerprint density at radius 2 is 1.57 bits per heavy atom. The number of hydrogen-bond acceptors (Lipinski definition) is 1. The van der Waals surface area contributed by atoms with Crippen molar-refractivity contribution in [2.75, 3.05) is 0 Å². The molecule has 0 aliphatic rings. The number of imidazole rings is 1. The van der Waals surface area contributed by atoms with Crippen LogP contribution in [0.25, 0.3) is 22.5 Å². The van der Waals surface area contributed by atoms with Gasteiger partial charge in [0.25, 0.3) is 0 Å². The highest BCUT2D eigenvalue weighted by atomic mass is 35.5. The first kappa shape index (κ1) is 13.8. The van der Waals surface area contributed by atoms with Crippen molar-refractivity contribution in [1.82, 2.24) is 9.97 Å². The fourth-order valence-corrected chi connectivity index (χ4v) is 2.34. The summed E-state index contributed by atoms with van der Waals surface area (Å²) in [7, 11) is 0. The van der Waals surface area contributed by atoms with Crippen molar-refractivity contribution in [3.63, 3.8) is 0 Å². The molecule has 106 valence electrons. The zero-order chi connectivity index (χ0) is 15.0. The van der Waals surface area contributed by atoms with Gasteiger partial charge in [0.2, 0.25) is 0 Å². The molecule has 0 atom stereocenters. The van der Waals surface area contributed by atoms with Crippen LogP contribution in [-0.2, 0) is 0 Å². The minimum absolute atomic E-state index is 0.391. The molecule has 0 radical (unpaired) electrons. The van der Waals surface area contributed by atoms with Crippen LogP contribution in [0.1, 0.15) is 5.82 Å². The van der Waals surface area contributed by atoms with Gasteiger partial charge in [-0.3, -0.25) is 0 Å². The van der Waals surface area contributed by atoms with E-state index >= 15 is 0 Å². The van der Waals surface area contributed by atoms with Crippen molar-refractivity contribution in [1.29, 1.82) is 0 Å². The van der Waals surface area contributed by atoms with Gasteiger partial charge in [0.1, 0.15) is 17.5 Å². The average Bonchev–Trinajstić information content (AvgIpc) is 2.80. The molecule has 0 saturated carbocycles. The van der Waals surface area contributed by atoms with Crippen LogP contribution in [-0.4, -0.2) is 9.97 Å². The molecule has 0 spiro atoms. The molecule has 5 heteroatoms. The highest BCUT2D eigenvalue weighted by molar-refractivity contribution is 6.30. The average molecular weight is 305 g/mol. The van der Waals surface area contributed by atoms with Gasteiger partial charge in [0.15, 0.2) is 0 Å². The SMILES string of the molecule is Cc1nc(-c2cc(F)cc(F)c2)c(-c2ccc(Cl)cc2)[nH]1. The van der Waals surface area contributed by atoms with Crippen molar-refractivity contribution in [3.8, 4) is 22.5 Å².